The highest BCUT2D eigenvalue weighted by Crippen LogP contribution is 2.28. The van der Waals surface area contributed by atoms with Crippen LogP contribution in [0, 0.1) is 0 Å². The molecular formula is C8H9N3O3S. The van der Waals surface area contributed by atoms with Crippen LogP contribution in [0.3, 0.4) is 0 Å². The lowest BCUT2D eigenvalue weighted by Crippen LogP contribution is -2.23. The molecular weight excluding hydrogens is 218 g/mol. The van der Waals surface area contributed by atoms with Crippen molar-refractivity contribution in [1.29, 1.82) is 0 Å². The number of aliphatic hydroxyl groups excluding tert-OH is 1. The van der Waals surface area contributed by atoms with E-state index in [0.29, 0.717) is 5.88 Å². The van der Waals surface area contributed by atoms with Crippen LogP contribution in [0.25, 0.3) is 5.88 Å². The minimum atomic E-state index is -0.500. The van der Waals surface area contributed by atoms with Crippen LogP contribution < -0.4 is 11.4 Å². The van der Waals surface area contributed by atoms with Gasteiger partial charge in [0.1, 0.15) is 5.82 Å². The summed E-state index contributed by atoms with van der Waals surface area (Å²) >= 11 is 1.31. The molecule has 0 spiro atoms. The number of ether oxygens (including phenoxy) is 1. The second-order valence-electron chi connectivity index (χ2n) is 2.83. The molecule has 0 bridgehead atoms. The fourth-order valence-electron chi connectivity index (χ4n) is 1.10. The van der Waals surface area contributed by atoms with E-state index in [2.05, 4.69) is 4.98 Å². The molecule has 1 aromatic heterocycles. The molecule has 3 N–H and O–H groups in total. The lowest BCUT2D eigenvalue weighted by Gasteiger charge is -2.10. The van der Waals surface area contributed by atoms with Crippen molar-refractivity contribution in [3.63, 3.8) is 0 Å². The van der Waals surface area contributed by atoms with Gasteiger partial charge in [0.05, 0.1) is 6.61 Å². The molecule has 7 heteroatoms. The number of hydrogen-bond donors (Lipinski definition) is 2. The molecule has 0 fully saturated rings. The van der Waals surface area contributed by atoms with Crippen LogP contribution in [0.15, 0.2) is 22.5 Å². The number of thioether (sulfide) groups is 1. The van der Waals surface area contributed by atoms with Crippen molar-refractivity contribution < 1.29 is 9.84 Å². The van der Waals surface area contributed by atoms with Gasteiger partial charge in [0.2, 0.25) is 5.88 Å². The summed E-state index contributed by atoms with van der Waals surface area (Å²) in [5, 5.41) is 10.5. The van der Waals surface area contributed by atoms with Gasteiger partial charge in [-0.2, -0.15) is 4.98 Å². The minimum absolute atomic E-state index is 0.109. The maximum absolute atomic E-state index is 11.4. The highest BCUT2D eigenvalue weighted by Gasteiger charge is 2.19. The molecule has 0 amide bonds. The van der Waals surface area contributed by atoms with Crippen LogP contribution in [0.2, 0.25) is 0 Å². The Kier molecular flexibility index (Phi) is 2.65. The lowest BCUT2D eigenvalue weighted by molar-refractivity contribution is 0.151. The Balaban J connectivity index is 2.28. The van der Waals surface area contributed by atoms with Gasteiger partial charge in [0, 0.05) is 11.6 Å². The zero-order valence-corrected chi connectivity index (χ0v) is 8.48. The zero-order chi connectivity index (χ0) is 10.8. The Hall–Kier alpha value is -1.47. The number of anilines is 1. The van der Waals surface area contributed by atoms with E-state index in [4.69, 9.17) is 15.6 Å². The second kappa shape index (κ2) is 3.95. The first kappa shape index (κ1) is 10.1. The fourth-order valence-corrected chi connectivity index (χ4v) is 1.78. The third-order valence-corrected chi connectivity index (χ3v) is 2.67. The molecule has 6 nitrogen and oxygen atoms in total. The summed E-state index contributed by atoms with van der Waals surface area (Å²) in [7, 11) is 0. The van der Waals surface area contributed by atoms with Crippen molar-refractivity contribution in [1.82, 2.24) is 9.55 Å². The van der Waals surface area contributed by atoms with Gasteiger partial charge in [-0.1, -0.05) is 11.8 Å². The van der Waals surface area contributed by atoms with Crippen molar-refractivity contribution in [3.05, 3.63) is 28.2 Å². The summed E-state index contributed by atoms with van der Waals surface area (Å²) in [6.07, 6.45) is 1.48. The van der Waals surface area contributed by atoms with Gasteiger partial charge in [-0.05, 0) is 6.07 Å². The second-order valence-corrected chi connectivity index (χ2v) is 3.86. The summed E-state index contributed by atoms with van der Waals surface area (Å²) < 4.78 is 6.51. The Morgan fingerprint density at radius 1 is 1.73 bits per heavy atom. The smallest absolute Gasteiger partial charge is 0.356 e. The lowest BCUT2D eigenvalue weighted by atomic mass is 10.6. The average Bonchev–Trinajstić information content (AvgIpc) is 2.66. The van der Waals surface area contributed by atoms with Gasteiger partial charge in [0.15, 0.2) is 5.44 Å². The average molecular weight is 227 g/mol. The molecule has 1 aromatic rings. The number of nitrogens with two attached hydrogens (primary N) is 1. The molecule has 0 saturated heterocycles. The normalized spacial score (nSPS) is 19.8. The van der Waals surface area contributed by atoms with E-state index in [9.17, 15) is 4.79 Å². The van der Waals surface area contributed by atoms with Crippen molar-refractivity contribution in [3.8, 4) is 0 Å². The monoisotopic (exact) mass is 227 g/mol. The Morgan fingerprint density at radius 3 is 3.13 bits per heavy atom. The van der Waals surface area contributed by atoms with Gasteiger partial charge < -0.3 is 15.6 Å². The third-order valence-electron chi connectivity index (χ3n) is 1.78. The van der Waals surface area contributed by atoms with Crippen molar-refractivity contribution in [2.24, 2.45) is 0 Å². The van der Waals surface area contributed by atoms with Crippen molar-refractivity contribution >= 4 is 23.5 Å². The quantitative estimate of drug-likeness (QED) is 0.718. The SMILES string of the molecule is Nc1ccn(C2=CSC(CO)O2)c(=O)n1. The first-order chi connectivity index (χ1) is 7.20. The highest BCUT2D eigenvalue weighted by molar-refractivity contribution is 8.03. The minimum Gasteiger partial charge on any atom is -0.461 e. The predicted octanol–water partition coefficient (Wildman–Crippen LogP) is -0.337. The van der Waals surface area contributed by atoms with Gasteiger partial charge in [-0.3, -0.25) is 0 Å². The largest absolute Gasteiger partial charge is 0.461 e. The van der Waals surface area contributed by atoms with E-state index in [1.54, 1.807) is 5.41 Å². The number of aliphatic hydroxyl groups is 1. The molecule has 80 valence electrons. The molecule has 1 aliphatic heterocycles. The number of nitrogen functional groups attached to an aromatic ring is 1. The molecule has 15 heavy (non-hydrogen) atoms. The van der Waals surface area contributed by atoms with E-state index in [1.165, 1.54) is 28.6 Å². The molecule has 0 saturated carbocycles. The van der Waals surface area contributed by atoms with Crippen LogP contribution in [-0.2, 0) is 4.74 Å². The van der Waals surface area contributed by atoms with E-state index < -0.39 is 5.69 Å². The van der Waals surface area contributed by atoms with E-state index in [1.807, 2.05) is 0 Å². The van der Waals surface area contributed by atoms with Gasteiger partial charge in [-0.25, -0.2) is 9.36 Å². The Labute approximate surface area is 89.4 Å². The molecule has 1 atom stereocenters. The third kappa shape index (κ3) is 1.97. The van der Waals surface area contributed by atoms with Crippen LogP contribution in [0.4, 0.5) is 5.82 Å². The predicted molar refractivity (Wildman–Crippen MR) is 56.7 cm³/mol. The summed E-state index contributed by atoms with van der Waals surface area (Å²) in [5.74, 6) is 0.526. The van der Waals surface area contributed by atoms with Crippen LogP contribution in [0.1, 0.15) is 0 Å². The molecule has 0 aromatic carbocycles. The van der Waals surface area contributed by atoms with Gasteiger partial charge >= 0.3 is 5.69 Å². The number of hydrogen-bond acceptors (Lipinski definition) is 6. The van der Waals surface area contributed by atoms with E-state index >= 15 is 0 Å². The molecule has 2 heterocycles. The Morgan fingerprint density at radius 2 is 2.53 bits per heavy atom. The first-order valence-electron chi connectivity index (χ1n) is 4.19. The molecule has 0 aliphatic carbocycles. The number of aromatic nitrogens is 2. The molecule has 1 unspecified atom stereocenters. The van der Waals surface area contributed by atoms with Crippen molar-refractivity contribution in [2.75, 3.05) is 12.3 Å². The highest BCUT2D eigenvalue weighted by atomic mass is 32.2. The summed E-state index contributed by atoms with van der Waals surface area (Å²) in [4.78, 5) is 15.0. The summed E-state index contributed by atoms with van der Waals surface area (Å²) in [6, 6.07) is 1.50. The van der Waals surface area contributed by atoms with Crippen LogP contribution >= 0.6 is 11.8 Å². The molecule has 0 radical (unpaired) electrons. The summed E-state index contributed by atoms with van der Waals surface area (Å²) in [6.45, 7) is -0.109. The Bertz CT molecular complexity index is 457. The number of nitrogens with zero attached hydrogens (tertiary/aromatic N) is 2. The van der Waals surface area contributed by atoms with Crippen LogP contribution in [0.5, 0.6) is 0 Å². The number of rotatable bonds is 2. The first-order valence-corrected chi connectivity index (χ1v) is 5.13. The fraction of sp³-hybridized carbons (Fsp3) is 0.250. The molecule has 1 aliphatic rings. The van der Waals surface area contributed by atoms with Crippen LogP contribution in [-0.4, -0.2) is 26.7 Å². The maximum atomic E-state index is 11.4. The summed E-state index contributed by atoms with van der Waals surface area (Å²) in [5.41, 5.74) is 4.49. The zero-order valence-electron chi connectivity index (χ0n) is 7.66. The van der Waals surface area contributed by atoms with Crippen molar-refractivity contribution in [2.45, 2.75) is 5.44 Å². The molecule has 2 rings (SSSR count). The topological polar surface area (TPSA) is 90.4 Å². The standard InChI is InChI=1S/C8H9N3O3S/c9-5-1-2-11(8(13)10-5)6-4-15-7(3-12)14-6/h1-2,4,7,12H,3H2,(H2,9,10,13). The maximum Gasteiger partial charge on any atom is 0.356 e. The van der Waals surface area contributed by atoms with E-state index in [-0.39, 0.29) is 17.9 Å². The van der Waals surface area contributed by atoms with E-state index in [0.717, 1.165) is 0 Å². The van der Waals surface area contributed by atoms with Gasteiger partial charge in [0.25, 0.3) is 0 Å². The van der Waals surface area contributed by atoms with Gasteiger partial charge in [-0.15, -0.1) is 0 Å².